The fraction of sp³-hybridized carbons (Fsp3) is 0.333. The SMILES string of the molecule is Cc1nnc(NC(C)c2ccc(Cl)cc2Cl)c2cc(N3CCOCC3)ccc12. The summed E-state index contributed by atoms with van der Waals surface area (Å²) >= 11 is 12.4. The first-order valence-corrected chi connectivity index (χ1v) is 10.1. The van der Waals surface area contributed by atoms with Crippen LogP contribution in [0, 0.1) is 6.92 Å². The Kier molecular flexibility index (Phi) is 5.58. The maximum absolute atomic E-state index is 6.38. The molecule has 0 radical (unpaired) electrons. The first kappa shape index (κ1) is 19.2. The molecular formula is C21H22Cl2N4O. The van der Waals surface area contributed by atoms with Gasteiger partial charge in [-0.05, 0) is 43.7 Å². The summed E-state index contributed by atoms with van der Waals surface area (Å²) in [6.45, 7) is 7.32. The zero-order chi connectivity index (χ0) is 19.7. The molecule has 0 spiro atoms. The minimum atomic E-state index is -0.0444. The number of rotatable bonds is 4. The number of hydrogen-bond donors (Lipinski definition) is 1. The Morgan fingerprint density at radius 3 is 2.57 bits per heavy atom. The van der Waals surface area contributed by atoms with Crippen LogP contribution in [0.4, 0.5) is 11.5 Å². The van der Waals surface area contributed by atoms with Gasteiger partial charge in [0.2, 0.25) is 0 Å². The highest BCUT2D eigenvalue weighted by Gasteiger charge is 2.16. The van der Waals surface area contributed by atoms with E-state index >= 15 is 0 Å². The van der Waals surface area contributed by atoms with Crippen molar-refractivity contribution >= 4 is 45.5 Å². The number of benzene rings is 2. The van der Waals surface area contributed by atoms with E-state index in [1.165, 1.54) is 5.69 Å². The normalized spacial score (nSPS) is 15.6. The molecule has 7 heteroatoms. The van der Waals surface area contributed by atoms with E-state index in [2.05, 4.69) is 38.6 Å². The van der Waals surface area contributed by atoms with Gasteiger partial charge in [-0.25, -0.2) is 0 Å². The quantitative estimate of drug-likeness (QED) is 0.628. The molecule has 2 aromatic carbocycles. The summed E-state index contributed by atoms with van der Waals surface area (Å²) in [6.07, 6.45) is 0. The molecule has 3 aromatic rings. The van der Waals surface area contributed by atoms with Crippen molar-refractivity contribution in [2.75, 3.05) is 36.5 Å². The van der Waals surface area contributed by atoms with Crippen molar-refractivity contribution in [1.82, 2.24) is 10.2 Å². The van der Waals surface area contributed by atoms with Gasteiger partial charge in [0.25, 0.3) is 0 Å². The number of anilines is 2. The van der Waals surface area contributed by atoms with Crippen molar-refractivity contribution in [3.63, 3.8) is 0 Å². The van der Waals surface area contributed by atoms with E-state index in [1.54, 1.807) is 6.07 Å². The van der Waals surface area contributed by atoms with E-state index in [-0.39, 0.29) is 6.04 Å². The molecule has 1 atom stereocenters. The molecule has 146 valence electrons. The maximum Gasteiger partial charge on any atom is 0.157 e. The van der Waals surface area contributed by atoms with Crippen molar-refractivity contribution < 1.29 is 4.74 Å². The number of ether oxygens (including phenoxy) is 1. The van der Waals surface area contributed by atoms with Gasteiger partial charge in [0.15, 0.2) is 5.82 Å². The van der Waals surface area contributed by atoms with Crippen molar-refractivity contribution in [2.24, 2.45) is 0 Å². The molecule has 0 bridgehead atoms. The molecule has 1 aromatic heterocycles. The van der Waals surface area contributed by atoms with Gasteiger partial charge in [-0.1, -0.05) is 35.3 Å². The summed E-state index contributed by atoms with van der Waals surface area (Å²) in [5.41, 5.74) is 3.04. The van der Waals surface area contributed by atoms with Crippen molar-refractivity contribution in [3.05, 3.63) is 57.7 Å². The average Bonchev–Trinajstić information content (AvgIpc) is 2.70. The van der Waals surface area contributed by atoms with Crippen LogP contribution in [-0.4, -0.2) is 36.5 Å². The topological polar surface area (TPSA) is 50.3 Å². The summed E-state index contributed by atoms with van der Waals surface area (Å²) in [5, 5.41) is 15.6. The second kappa shape index (κ2) is 8.11. The number of aryl methyl sites for hydroxylation is 1. The zero-order valence-electron chi connectivity index (χ0n) is 15.9. The standard InChI is InChI=1S/C21H22Cl2N4O/c1-13(18-5-3-15(22)11-20(18)23)24-21-19-12-16(27-7-9-28-10-8-27)4-6-17(19)14(2)25-26-21/h3-6,11-13H,7-10H2,1-2H3,(H,24,26). The van der Waals surface area contributed by atoms with Gasteiger partial charge in [0, 0.05) is 39.6 Å². The van der Waals surface area contributed by atoms with Gasteiger partial charge in [0.05, 0.1) is 24.9 Å². The molecule has 0 amide bonds. The molecule has 1 fully saturated rings. The third-order valence-electron chi connectivity index (χ3n) is 5.11. The summed E-state index contributed by atoms with van der Waals surface area (Å²) in [7, 11) is 0. The summed E-state index contributed by atoms with van der Waals surface area (Å²) in [6, 6.07) is 11.9. The average molecular weight is 417 g/mol. The zero-order valence-corrected chi connectivity index (χ0v) is 17.4. The van der Waals surface area contributed by atoms with Gasteiger partial charge < -0.3 is 15.0 Å². The Morgan fingerprint density at radius 1 is 1.04 bits per heavy atom. The monoisotopic (exact) mass is 416 g/mol. The van der Waals surface area contributed by atoms with Crippen LogP contribution in [0.5, 0.6) is 0 Å². The van der Waals surface area contributed by atoms with E-state index in [9.17, 15) is 0 Å². The third kappa shape index (κ3) is 3.88. The second-order valence-electron chi connectivity index (χ2n) is 7.00. The van der Waals surface area contributed by atoms with Crippen LogP contribution in [0.25, 0.3) is 10.8 Å². The van der Waals surface area contributed by atoms with Crippen LogP contribution in [0.1, 0.15) is 24.2 Å². The summed E-state index contributed by atoms with van der Waals surface area (Å²) in [4.78, 5) is 2.34. The molecule has 1 saturated heterocycles. The fourth-order valence-corrected chi connectivity index (χ4v) is 4.11. The van der Waals surface area contributed by atoms with Crippen LogP contribution >= 0.6 is 23.2 Å². The molecule has 1 unspecified atom stereocenters. The molecule has 4 rings (SSSR count). The highest BCUT2D eigenvalue weighted by molar-refractivity contribution is 6.35. The predicted octanol–water partition coefficient (Wildman–Crippen LogP) is 5.25. The largest absolute Gasteiger partial charge is 0.378 e. The first-order valence-electron chi connectivity index (χ1n) is 9.34. The highest BCUT2D eigenvalue weighted by atomic mass is 35.5. The lowest BCUT2D eigenvalue weighted by Gasteiger charge is -2.29. The number of morpholine rings is 1. The van der Waals surface area contributed by atoms with E-state index in [1.807, 2.05) is 26.0 Å². The minimum absolute atomic E-state index is 0.0444. The van der Waals surface area contributed by atoms with E-state index in [4.69, 9.17) is 27.9 Å². The number of nitrogens with zero attached hydrogens (tertiary/aromatic N) is 3. The van der Waals surface area contributed by atoms with Crippen LogP contribution in [0.3, 0.4) is 0 Å². The van der Waals surface area contributed by atoms with Gasteiger partial charge >= 0.3 is 0 Å². The van der Waals surface area contributed by atoms with Crippen molar-refractivity contribution in [2.45, 2.75) is 19.9 Å². The lowest BCUT2D eigenvalue weighted by Crippen LogP contribution is -2.36. The molecule has 5 nitrogen and oxygen atoms in total. The van der Waals surface area contributed by atoms with Crippen LogP contribution < -0.4 is 10.2 Å². The van der Waals surface area contributed by atoms with E-state index < -0.39 is 0 Å². The lowest BCUT2D eigenvalue weighted by atomic mass is 10.1. The predicted molar refractivity (Wildman–Crippen MR) is 116 cm³/mol. The molecule has 0 aliphatic carbocycles. The Hall–Kier alpha value is -2.08. The van der Waals surface area contributed by atoms with Crippen molar-refractivity contribution in [3.8, 4) is 0 Å². The first-order chi connectivity index (χ1) is 13.5. The fourth-order valence-electron chi connectivity index (χ4n) is 3.54. The Morgan fingerprint density at radius 2 is 1.82 bits per heavy atom. The molecule has 0 saturated carbocycles. The van der Waals surface area contributed by atoms with Gasteiger partial charge in [0.1, 0.15) is 0 Å². The Balaban J connectivity index is 1.70. The molecule has 2 heterocycles. The number of hydrogen-bond acceptors (Lipinski definition) is 5. The van der Waals surface area contributed by atoms with E-state index in [0.717, 1.165) is 54.2 Å². The minimum Gasteiger partial charge on any atom is -0.378 e. The molecule has 1 aliphatic rings. The van der Waals surface area contributed by atoms with Crippen molar-refractivity contribution in [1.29, 1.82) is 0 Å². The maximum atomic E-state index is 6.38. The number of nitrogens with one attached hydrogen (secondary N) is 1. The van der Waals surface area contributed by atoms with Crippen LogP contribution in [0.15, 0.2) is 36.4 Å². The molecule has 1 aliphatic heterocycles. The Labute approximate surface area is 174 Å². The molecular weight excluding hydrogens is 395 g/mol. The third-order valence-corrected chi connectivity index (χ3v) is 5.67. The molecule has 28 heavy (non-hydrogen) atoms. The lowest BCUT2D eigenvalue weighted by molar-refractivity contribution is 0.122. The van der Waals surface area contributed by atoms with Gasteiger partial charge in [-0.2, -0.15) is 5.10 Å². The van der Waals surface area contributed by atoms with Gasteiger partial charge in [-0.3, -0.25) is 0 Å². The summed E-state index contributed by atoms with van der Waals surface area (Å²) in [5.74, 6) is 0.745. The molecule has 1 N–H and O–H groups in total. The smallest absolute Gasteiger partial charge is 0.157 e. The number of aromatic nitrogens is 2. The Bertz CT molecular complexity index is 1010. The van der Waals surface area contributed by atoms with E-state index in [0.29, 0.717) is 10.0 Å². The van der Waals surface area contributed by atoms with Crippen LogP contribution in [-0.2, 0) is 4.74 Å². The second-order valence-corrected chi connectivity index (χ2v) is 7.84. The van der Waals surface area contributed by atoms with Crippen LogP contribution in [0.2, 0.25) is 10.0 Å². The number of halogens is 2. The highest BCUT2D eigenvalue weighted by Crippen LogP contribution is 2.32. The summed E-state index contributed by atoms with van der Waals surface area (Å²) < 4.78 is 5.47. The van der Waals surface area contributed by atoms with Gasteiger partial charge in [-0.15, -0.1) is 5.10 Å². The number of fused-ring (bicyclic) bond motifs is 1.